The Morgan fingerprint density at radius 1 is 1.25 bits per heavy atom. The molecule has 1 N–H and O–H groups in total. The number of imidazole rings is 1. The van der Waals surface area contributed by atoms with Crippen molar-refractivity contribution in [2.45, 2.75) is 25.9 Å². The molecule has 0 bridgehead atoms. The average Bonchev–Trinajstić information content (AvgIpc) is 3.29. The van der Waals surface area contributed by atoms with E-state index in [-0.39, 0.29) is 11.4 Å². The first-order valence-electron chi connectivity index (χ1n) is 8.90. The fourth-order valence-electron chi connectivity index (χ4n) is 3.45. The summed E-state index contributed by atoms with van der Waals surface area (Å²) in [6.45, 7) is 2.36. The predicted octanol–water partition coefficient (Wildman–Crippen LogP) is 2.28. The quantitative estimate of drug-likeness (QED) is 0.749. The monoisotopic (exact) mass is 385 g/mol. The summed E-state index contributed by atoms with van der Waals surface area (Å²) < 4.78 is 12.6. The van der Waals surface area contributed by atoms with E-state index < -0.39 is 17.7 Å². The first-order chi connectivity index (χ1) is 13.5. The van der Waals surface area contributed by atoms with Gasteiger partial charge in [-0.3, -0.25) is 9.59 Å². The molecule has 1 atom stereocenters. The number of aliphatic hydroxyl groups excluding tert-OH is 1. The summed E-state index contributed by atoms with van der Waals surface area (Å²) in [6, 6.07) is 4.46. The zero-order chi connectivity index (χ0) is 20.3. The summed E-state index contributed by atoms with van der Waals surface area (Å²) in [5, 5.41) is 10.4. The van der Waals surface area contributed by atoms with E-state index in [1.807, 2.05) is 10.8 Å². The number of methoxy groups -OCH3 is 2. The molecule has 0 unspecified atom stereocenters. The zero-order valence-electron chi connectivity index (χ0n) is 16.1. The van der Waals surface area contributed by atoms with E-state index in [4.69, 9.17) is 9.47 Å². The summed E-state index contributed by atoms with van der Waals surface area (Å²) in [6.07, 6.45) is 5.86. The SMILES string of the molecule is COc1ccc([C@@H]2C(C(C)=O)=C(O)C(=O)N2CCCn2ccnc2)c(OC)c1. The maximum Gasteiger partial charge on any atom is 0.290 e. The van der Waals surface area contributed by atoms with Gasteiger partial charge in [0.2, 0.25) is 0 Å². The molecule has 8 heteroatoms. The summed E-state index contributed by atoms with van der Waals surface area (Å²) in [7, 11) is 3.05. The van der Waals surface area contributed by atoms with Crippen LogP contribution in [0.5, 0.6) is 11.5 Å². The number of aromatic nitrogens is 2. The standard InChI is InChI=1S/C20H23N3O5/c1-13(24)17-18(15-6-5-14(27-2)11-16(15)28-3)23(20(26)19(17)25)9-4-8-22-10-7-21-12-22/h5-7,10-12,18,25H,4,8-9H2,1-3H3/t18-/m1/s1. The van der Waals surface area contributed by atoms with Crippen LogP contribution < -0.4 is 9.47 Å². The highest BCUT2D eigenvalue weighted by Gasteiger charge is 2.43. The molecule has 3 rings (SSSR count). The Morgan fingerprint density at radius 3 is 2.64 bits per heavy atom. The van der Waals surface area contributed by atoms with Gasteiger partial charge in [0.1, 0.15) is 11.5 Å². The Balaban J connectivity index is 1.94. The molecule has 148 valence electrons. The Kier molecular flexibility index (Phi) is 5.67. The van der Waals surface area contributed by atoms with E-state index in [0.717, 1.165) is 0 Å². The first-order valence-corrected chi connectivity index (χ1v) is 8.90. The first kappa shape index (κ1) is 19.5. The smallest absolute Gasteiger partial charge is 0.290 e. The van der Waals surface area contributed by atoms with Crippen LogP contribution in [0.2, 0.25) is 0 Å². The van der Waals surface area contributed by atoms with Crippen LogP contribution in [0.4, 0.5) is 0 Å². The Bertz CT molecular complexity index is 905. The molecule has 1 aromatic heterocycles. The normalized spacial score (nSPS) is 16.6. The van der Waals surface area contributed by atoms with Crippen molar-refractivity contribution >= 4 is 11.7 Å². The number of Topliss-reactive ketones (excluding diaryl/α,β-unsaturated/α-hetero) is 1. The lowest BCUT2D eigenvalue weighted by Gasteiger charge is -2.28. The number of benzene rings is 1. The van der Waals surface area contributed by atoms with Crippen molar-refractivity contribution in [2.75, 3.05) is 20.8 Å². The van der Waals surface area contributed by atoms with Gasteiger partial charge in [-0.1, -0.05) is 0 Å². The van der Waals surface area contributed by atoms with Gasteiger partial charge < -0.3 is 24.0 Å². The number of amides is 1. The molecular formula is C20H23N3O5. The van der Waals surface area contributed by atoms with Crippen LogP contribution in [-0.2, 0) is 16.1 Å². The number of aryl methyl sites for hydroxylation is 1. The van der Waals surface area contributed by atoms with E-state index >= 15 is 0 Å². The number of aliphatic hydroxyl groups is 1. The molecule has 1 aliphatic rings. The minimum absolute atomic E-state index is 0.0797. The van der Waals surface area contributed by atoms with Crippen LogP contribution >= 0.6 is 0 Å². The highest BCUT2D eigenvalue weighted by molar-refractivity contribution is 6.08. The second kappa shape index (κ2) is 8.16. The zero-order valence-corrected chi connectivity index (χ0v) is 16.1. The van der Waals surface area contributed by atoms with Gasteiger partial charge >= 0.3 is 0 Å². The number of carbonyl (C=O) groups excluding carboxylic acids is 2. The van der Waals surface area contributed by atoms with Gasteiger partial charge in [0.05, 0.1) is 32.2 Å². The molecular weight excluding hydrogens is 362 g/mol. The van der Waals surface area contributed by atoms with Gasteiger partial charge in [0.25, 0.3) is 5.91 Å². The lowest BCUT2D eigenvalue weighted by atomic mass is 9.95. The maximum absolute atomic E-state index is 12.7. The van der Waals surface area contributed by atoms with Crippen molar-refractivity contribution in [2.24, 2.45) is 0 Å². The van der Waals surface area contributed by atoms with Crippen molar-refractivity contribution in [3.63, 3.8) is 0 Å². The third-order valence-electron chi connectivity index (χ3n) is 4.79. The van der Waals surface area contributed by atoms with E-state index in [1.54, 1.807) is 37.8 Å². The van der Waals surface area contributed by atoms with Crippen molar-refractivity contribution in [1.29, 1.82) is 0 Å². The molecule has 0 saturated heterocycles. The van der Waals surface area contributed by atoms with Crippen molar-refractivity contribution < 1.29 is 24.2 Å². The Hall–Kier alpha value is -3.29. The Morgan fingerprint density at radius 2 is 2.04 bits per heavy atom. The fraction of sp³-hybridized carbons (Fsp3) is 0.350. The average molecular weight is 385 g/mol. The minimum atomic E-state index is -0.714. The number of ether oxygens (including phenoxy) is 2. The predicted molar refractivity (Wildman–Crippen MR) is 101 cm³/mol. The lowest BCUT2D eigenvalue weighted by molar-refractivity contribution is -0.129. The van der Waals surface area contributed by atoms with Gasteiger partial charge in [-0.05, 0) is 25.5 Å². The van der Waals surface area contributed by atoms with Crippen molar-refractivity contribution in [1.82, 2.24) is 14.5 Å². The van der Waals surface area contributed by atoms with Crippen LogP contribution in [0, 0.1) is 0 Å². The third-order valence-corrected chi connectivity index (χ3v) is 4.79. The molecule has 8 nitrogen and oxygen atoms in total. The second-order valence-corrected chi connectivity index (χ2v) is 6.48. The molecule has 28 heavy (non-hydrogen) atoms. The van der Waals surface area contributed by atoms with Crippen LogP contribution in [0.25, 0.3) is 0 Å². The number of carbonyl (C=O) groups is 2. The molecule has 1 amide bonds. The van der Waals surface area contributed by atoms with Gasteiger partial charge in [-0.25, -0.2) is 4.98 Å². The molecule has 2 heterocycles. The molecule has 2 aromatic rings. The maximum atomic E-state index is 12.7. The molecule has 0 aliphatic carbocycles. The number of rotatable bonds is 8. The largest absolute Gasteiger partial charge is 0.503 e. The molecule has 0 spiro atoms. The molecule has 1 aromatic carbocycles. The third kappa shape index (κ3) is 3.58. The van der Waals surface area contributed by atoms with Crippen LogP contribution in [-0.4, -0.2) is 52.0 Å². The van der Waals surface area contributed by atoms with Gasteiger partial charge in [0.15, 0.2) is 11.5 Å². The minimum Gasteiger partial charge on any atom is -0.503 e. The van der Waals surface area contributed by atoms with Gasteiger partial charge in [-0.2, -0.15) is 0 Å². The molecule has 1 aliphatic heterocycles. The number of nitrogens with zero attached hydrogens (tertiary/aromatic N) is 3. The van der Waals surface area contributed by atoms with E-state index in [1.165, 1.54) is 18.9 Å². The summed E-state index contributed by atoms with van der Waals surface area (Å²) in [5.41, 5.74) is 0.699. The number of ketones is 1. The summed E-state index contributed by atoms with van der Waals surface area (Å²) >= 11 is 0. The summed E-state index contributed by atoms with van der Waals surface area (Å²) in [5.74, 6) is -0.345. The summed E-state index contributed by atoms with van der Waals surface area (Å²) in [4.78, 5) is 30.4. The fourth-order valence-corrected chi connectivity index (χ4v) is 3.45. The van der Waals surface area contributed by atoms with Crippen LogP contribution in [0.1, 0.15) is 24.9 Å². The second-order valence-electron chi connectivity index (χ2n) is 6.48. The van der Waals surface area contributed by atoms with E-state index in [0.29, 0.717) is 36.6 Å². The highest BCUT2D eigenvalue weighted by Crippen LogP contribution is 2.42. The van der Waals surface area contributed by atoms with E-state index in [2.05, 4.69) is 4.98 Å². The van der Waals surface area contributed by atoms with Crippen molar-refractivity contribution in [3.8, 4) is 11.5 Å². The van der Waals surface area contributed by atoms with Crippen LogP contribution in [0.3, 0.4) is 0 Å². The highest BCUT2D eigenvalue weighted by atomic mass is 16.5. The van der Waals surface area contributed by atoms with Gasteiger partial charge in [-0.15, -0.1) is 0 Å². The molecule has 0 fully saturated rings. The number of hydrogen-bond acceptors (Lipinski definition) is 6. The molecule has 0 saturated carbocycles. The molecule has 0 radical (unpaired) electrons. The number of hydrogen-bond donors (Lipinski definition) is 1. The lowest BCUT2D eigenvalue weighted by Crippen LogP contribution is -2.32. The Labute approximate surface area is 163 Å². The van der Waals surface area contributed by atoms with E-state index in [9.17, 15) is 14.7 Å². The van der Waals surface area contributed by atoms with Crippen LogP contribution in [0.15, 0.2) is 48.3 Å². The van der Waals surface area contributed by atoms with Crippen molar-refractivity contribution in [3.05, 3.63) is 53.8 Å². The topological polar surface area (TPSA) is 93.9 Å². The van der Waals surface area contributed by atoms with Gasteiger partial charge in [0, 0.05) is 37.1 Å².